The molecule has 0 saturated carbocycles. The fourth-order valence-corrected chi connectivity index (χ4v) is 3.00. The summed E-state index contributed by atoms with van der Waals surface area (Å²) in [5.41, 5.74) is 7.02. The largest absolute Gasteiger partial charge is 0.493 e. The van der Waals surface area contributed by atoms with Crippen LogP contribution in [-0.4, -0.2) is 29.5 Å². The van der Waals surface area contributed by atoms with E-state index in [1.165, 1.54) is 6.42 Å². The lowest BCUT2D eigenvalue weighted by atomic mass is 9.96. The van der Waals surface area contributed by atoms with Gasteiger partial charge >= 0.3 is 0 Å². The highest BCUT2D eigenvalue weighted by molar-refractivity contribution is 6.02. The van der Waals surface area contributed by atoms with Crippen molar-refractivity contribution in [2.45, 2.75) is 52.1 Å². The summed E-state index contributed by atoms with van der Waals surface area (Å²) in [4.78, 5) is 14.9. The summed E-state index contributed by atoms with van der Waals surface area (Å²) >= 11 is 0. The molecule has 0 spiro atoms. The minimum Gasteiger partial charge on any atom is -0.493 e. The minimum absolute atomic E-state index is 0.00810. The predicted octanol–water partition coefficient (Wildman–Crippen LogP) is 3.07. The number of anilines is 1. The van der Waals surface area contributed by atoms with Crippen LogP contribution in [0.5, 0.6) is 5.75 Å². The number of rotatable bonds is 3. The number of hydrogen-bond donors (Lipinski definition) is 1. The van der Waals surface area contributed by atoms with Crippen molar-refractivity contribution < 1.29 is 9.53 Å². The van der Waals surface area contributed by atoms with Crippen LogP contribution >= 0.6 is 0 Å². The Hall–Kier alpha value is -1.71. The number of nitrogens with zero attached hydrogens (tertiary/aromatic N) is 1. The quantitative estimate of drug-likeness (QED) is 0.863. The molecule has 1 heterocycles. The summed E-state index contributed by atoms with van der Waals surface area (Å²) in [7, 11) is 0. The topological polar surface area (TPSA) is 55.6 Å². The highest BCUT2D eigenvalue weighted by Crippen LogP contribution is 2.31. The third-order valence-electron chi connectivity index (χ3n) is 4.00. The molecule has 0 aliphatic carbocycles. The molecular formula is C16H24N2O2. The summed E-state index contributed by atoms with van der Waals surface area (Å²) in [5, 5.41) is 0. The first kappa shape index (κ1) is 14.7. The molecule has 4 heteroatoms. The second-order valence-electron chi connectivity index (χ2n) is 5.49. The molecule has 0 bridgehead atoms. The molecule has 0 unspecified atom stereocenters. The highest BCUT2D eigenvalue weighted by Gasteiger charge is 2.32. The van der Waals surface area contributed by atoms with Gasteiger partial charge in [0.15, 0.2) is 0 Å². The monoisotopic (exact) mass is 276 g/mol. The van der Waals surface area contributed by atoms with Crippen LogP contribution in [0.25, 0.3) is 0 Å². The summed E-state index contributed by atoms with van der Waals surface area (Å²) in [5.74, 6) is 0.578. The summed E-state index contributed by atoms with van der Waals surface area (Å²) in [6, 6.07) is 5.89. The van der Waals surface area contributed by atoms with E-state index in [4.69, 9.17) is 10.5 Å². The number of piperidine rings is 1. The van der Waals surface area contributed by atoms with Crippen molar-refractivity contribution in [3.63, 3.8) is 0 Å². The van der Waals surface area contributed by atoms with Crippen molar-refractivity contribution >= 4 is 11.6 Å². The van der Waals surface area contributed by atoms with Gasteiger partial charge in [0.25, 0.3) is 5.91 Å². The van der Waals surface area contributed by atoms with Gasteiger partial charge in [-0.3, -0.25) is 4.79 Å². The first-order chi connectivity index (χ1) is 9.56. The zero-order valence-electron chi connectivity index (χ0n) is 12.6. The molecule has 1 fully saturated rings. The van der Waals surface area contributed by atoms with Gasteiger partial charge in [0.2, 0.25) is 0 Å². The van der Waals surface area contributed by atoms with E-state index in [0.717, 1.165) is 12.8 Å². The van der Waals surface area contributed by atoms with Crippen LogP contribution in [0.4, 0.5) is 5.69 Å². The number of nitrogens with two attached hydrogens (primary N) is 1. The number of likely N-dealkylation sites (tertiary alicyclic amines) is 1. The van der Waals surface area contributed by atoms with E-state index in [1.54, 1.807) is 6.07 Å². The van der Waals surface area contributed by atoms with Gasteiger partial charge in [0.05, 0.1) is 6.61 Å². The average Bonchev–Trinajstić information content (AvgIpc) is 2.38. The minimum atomic E-state index is -0.00810. The maximum atomic E-state index is 12.9. The standard InChI is InChI=1S/C16H24N2O2/c1-4-20-14-10-6-9-13(17)15(14)16(19)18-11(2)7-5-8-12(18)3/h6,9-12H,4-5,7-8,17H2,1-3H3/t11-,12+. The van der Waals surface area contributed by atoms with E-state index in [-0.39, 0.29) is 18.0 Å². The molecule has 2 atom stereocenters. The Morgan fingerprint density at radius 3 is 2.60 bits per heavy atom. The van der Waals surface area contributed by atoms with Gasteiger partial charge in [-0.25, -0.2) is 0 Å². The average molecular weight is 276 g/mol. The fraction of sp³-hybridized carbons (Fsp3) is 0.562. The van der Waals surface area contributed by atoms with Crippen molar-refractivity contribution in [3.8, 4) is 5.75 Å². The van der Waals surface area contributed by atoms with Gasteiger partial charge in [-0.05, 0) is 52.2 Å². The molecule has 4 nitrogen and oxygen atoms in total. The molecule has 2 N–H and O–H groups in total. The van der Waals surface area contributed by atoms with Crippen LogP contribution in [0.3, 0.4) is 0 Å². The second-order valence-corrected chi connectivity index (χ2v) is 5.49. The molecule has 1 aliphatic rings. The summed E-state index contributed by atoms with van der Waals surface area (Å²) in [6.45, 7) is 6.64. The molecule has 0 aromatic heterocycles. The van der Waals surface area contributed by atoms with E-state index in [0.29, 0.717) is 23.6 Å². The third kappa shape index (κ3) is 2.74. The lowest BCUT2D eigenvalue weighted by Crippen LogP contribution is -2.47. The van der Waals surface area contributed by atoms with E-state index >= 15 is 0 Å². The lowest BCUT2D eigenvalue weighted by Gasteiger charge is -2.39. The number of amides is 1. The van der Waals surface area contributed by atoms with Gasteiger partial charge < -0.3 is 15.4 Å². The number of carbonyl (C=O) groups excluding carboxylic acids is 1. The van der Waals surface area contributed by atoms with E-state index in [9.17, 15) is 4.79 Å². The van der Waals surface area contributed by atoms with Crippen LogP contribution in [0.15, 0.2) is 18.2 Å². The number of nitrogen functional groups attached to an aromatic ring is 1. The number of ether oxygens (including phenoxy) is 1. The van der Waals surface area contributed by atoms with Crippen LogP contribution in [-0.2, 0) is 0 Å². The zero-order chi connectivity index (χ0) is 14.7. The lowest BCUT2D eigenvalue weighted by molar-refractivity contribution is 0.0508. The fourth-order valence-electron chi connectivity index (χ4n) is 3.00. The van der Waals surface area contributed by atoms with Crippen molar-refractivity contribution in [3.05, 3.63) is 23.8 Å². The van der Waals surface area contributed by atoms with Gasteiger partial charge in [0, 0.05) is 17.8 Å². The molecule has 1 amide bonds. The molecule has 2 rings (SSSR count). The SMILES string of the molecule is CCOc1cccc(N)c1C(=O)N1[C@H](C)CCC[C@@H]1C. The molecular weight excluding hydrogens is 252 g/mol. The molecule has 0 radical (unpaired) electrons. The van der Waals surface area contributed by atoms with Crippen molar-refractivity contribution in [2.75, 3.05) is 12.3 Å². The summed E-state index contributed by atoms with van der Waals surface area (Å²) in [6.07, 6.45) is 3.27. The molecule has 20 heavy (non-hydrogen) atoms. The predicted molar refractivity (Wildman–Crippen MR) is 81.0 cm³/mol. The van der Waals surface area contributed by atoms with Crippen LogP contribution in [0.2, 0.25) is 0 Å². The Kier molecular flexibility index (Phi) is 4.53. The maximum Gasteiger partial charge on any atom is 0.260 e. The van der Waals surface area contributed by atoms with E-state index < -0.39 is 0 Å². The highest BCUT2D eigenvalue weighted by atomic mass is 16.5. The smallest absolute Gasteiger partial charge is 0.260 e. The Labute approximate surface area is 120 Å². The first-order valence-corrected chi connectivity index (χ1v) is 7.40. The number of benzene rings is 1. The number of hydrogen-bond acceptors (Lipinski definition) is 3. The van der Waals surface area contributed by atoms with Gasteiger partial charge in [-0.15, -0.1) is 0 Å². The van der Waals surface area contributed by atoms with E-state index in [2.05, 4.69) is 13.8 Å². The Bertz CT molecular complexity index is 477. The number of carbonyl (C=O) groups is 1. The van der Waals surface area contributed by atoms with E-state index in [1.807, 2.05) is 24.0 Å². The van der Waals surface area contributed by atoms with Crippen molar-refractivity contribution in [1.82, 2.24) is 4.90 Å². The van der Waals surface area contributed by atoms with Crippen molar-refractivity contribution in [2.24, 2.45) is 0 Å². The maximum absolute atomic E-state index is 12.9. The van der Waals surface area contributed by atoms with Crippen LogP contribution in [0.1, 0.15) is 50.4 Å². The summed E-state index contributed by atoms with van der Waals surface area (Å²) < 4.78 is 5.57. The third-order valence-corrected chi connectivity index (χ3v) is 4.00. The Morgan fingerprint density at radius 2 is 2.00 bits per heavy atom. The molecule has 1 aliphatic heterocycles. The Morgan fingerprint density at radius 1 is 1.35 bits per heavy atom. The second kappa shape index (κ2) is 6.16. The van der Waals surface area contributed by atoms with Crippen molar-refractivity contribution in [1.29, 1.82) is 0 Å². The first-order valence-electron chi connectivity index (χ1n) is 7.40. The zero-order valence-corrected chi connectivity index (χ0v) is 12.6. The molecule has 110 valence electrons. The molecule has 1 saturated heterocycles. The van der Waals surface area contributed by atoms with Gasteiger partial charge in [-0.2, -0.15) is 0 Å². The van der Waals surface area contributed by atoms with Gasteiger partial charge in [-0.1, -0.05) is 6.07 Å². The van der Waals surface area contributed by atoms with Gasteiger partial charge in [0.1, 0.15) is 11.3 Å². The molecule has 1 aromatic carbocycles. The Balaban J connectivity index is 2.37. The molecule has 1 aromatic rings. The van der Waals surface area contributed by atoms with Crippen LogP contribution < -0.4 is 10.5 Å². The normalized spacial score (nSPS) is 22.6. The van der Waals surface area contributed by atoms with Crippen LogP contribution in [0, 0.1) is 0 Å².